The number of hydrogen-bond donors (Lipinski definition) is 1. The number of amides is 1. The minimum Gasteiger partial charge on any atom is -0.480 e. The number of carbonyl (C=O) groups excluding carboxylic acids is 1. The van der Waals surface area contributed by atoms with Crippen molar-refractivity contribution in [3.8, 4) is 0 Å². The van der Waals surface area contributed by atoms with E-state index in [0.29, 0.717) is 4.91 Å². The molecule has 1 amide bonds. The summed E-state index contributed by atoms with van der Waals surface area (Å²) in [5, 5.41) is 9.63. The Bertz CT molecular complexity index is 858. The van der Waals surface area contributed by atoms with Gasteiger partial charge in [-0.05, 0) is 23.8 Å². The van der Waals surface area contributed by atoms with Crippen LogP contribution < -0.4 is 0 Å². The van der Waals surface area contributed by atoms with Crippen molar-refractivity contribution in [1.29, 1.82) is 0 Å². The Balaban J connectivity index is 1.88. The monoisotopic (exact) mass is 372 g/mol. The van der Waals surface area contributed by atoms with Crippen LogP contribution in [0.4, 0.5) is 0 Å². The Morgan fingerprint density at radius 3 is 2.60 bits per heavy atom. The van der Waals surface area contributed by atoms with Gasteiger partial charge in [0.25, 0.3) is 5.91 Å². The van der Waals surface area contributed by atoms with Crippen LogP contribution in [-0.4, -0.2) is 36.8 Å². The first-order valence-electron chi connectivity index (χ1n) is 7.62. The lowest BCUT2D eigenvalue weighted by Crippen LogP contribution is -2.45. The van der Waals surface area contributed by atoms with Crippen LogP contribution in [0.3, 0.4) is 0 Å². The Morgan fingerprint density at radius 2 is 2.00 bits per heavy atom. The molecule has 128 valence electrons. The van der Waals surface area contributed by atoms with E-state index >= 15 is 0 Å². The topological polar surface area (TPSA) is 62.5 Å². The number of rotatable bonds is 5. The first kappa shape index (κ1) is 17.4. The minimum atomic E-state index is -1.07. The van der Waals surface area contributed by atoms with Crippen LogP contribution in [0.1, 0.15) is 11.3 Å². The smallest absolute Gasteiger partial charge is 0.327 e. The molecule has 1 fully saturated rings. The van der Waals surface area contributed by atoms with Gasteiger partial charge in [-0.3, -0.25) is 9.69 Å². The predicted molar refractivity (Wildman–Crippen MR) is 102 cm³/mol. The van der Waals surface area contributed by atoms with Gasteiger partial charge in [-0.15, -0.1) is 0 Å². The van der Waals surface area contributed by atoms with Gasteiger partial charge in [0.2, 0.25) is 0 Å². The Hall–Kier alpha value is -2.38. The van der Waals surface area contributed by atoms with Crippen molar-refractivity contribution in [2.75, 3.05) is 0 Å². The van der Waals surface area contributed by atoms with Crippen molar-refractivity contribution in [2.24, 2.45) is 7.05 Å². The van der Waals surface area contributed by atoms with Crippen LogP contribution in [0, 0.1) is 0 Å². The van der Waals surface area contributed by atoms with E-state index in [1.807, 2.05) is 60.3 Å². The number of carboxylic acid groups (broad SMARTS) is 1. The summed E-state index contributed by atoms with van der Waals surface area (Å²) in [5.74, 6) is -1.43. The van der Waals surface area contributed by atoms with E-state index in [0.717, 1.165) is 23.0 Å². The zero-order chi connectivity index (χ0) is 18.0. The lowest BCUT2D eigenvalue weighted by atomic mass is 10.0. The highest BCUT2D eigenvalue weighted by Gasteiger charge is 2.40. The maximum atomic E-state index is 12.8. The molecule has 25 heavy (non-hydrogen) atoms. The lowest BCUT2D eigenvalue weighted by molar-refractivity contribution is -0.145. The van der Waals surface area contributed by atoms with Gasteiger partial charge in [-0.1, -0.05) is 54.3 Å². The van der Waals surface area contributed by atoms with Gasteiger partial charge in [-0.2, -0.15) is 0 Å². The maximum Gasteiger partial charge on any atom is 0.327 e. The van der Waals surface area contributed by atoms with Crippen molar-refractivity contribution in [1.82, 2.24) is 9.47 Å². The number of nitrogens with zero attached hydrogens (tertiary/aromatic N) is 2. The Labute approximate surface area is 154 Å². The predicted octanol–water partition coefficient (Wildman–Crippen LogP) is 2.92. The third-order valence-electron chi connectivity index (χ3n) is 3.96. The summed E-state index contributed by atoms with van der Waals surface area (Å²) in [6.45, 7) is 0. The van der Waals surface area contributed by atoms with Gasteiger partial charge in [0.05, 0.1) is 4.91 Å². The molecule has 0 aliphatic carbocycles. The number of aliphatic carboxylic acids is 1. The summed E-state index contributed by atoms with van der Waals surface area (Å²) in [4.78, 5) is 26.2. The molecule has 1 aliphatic heterocycles. The molecule has 1 aliphatic rings. The van der Waals surface area contributed by atoms with E-state index in [4.69, 9.17) is 12.2 Å². The summed E-state index contributed by atoms with van der Waals surface area (Å²) in [7, 11) is 1.88. The second-order valence-electron chi connectivity index (χ2n) is 5.64. The summed E-state index contributed by atoms with van der Waals surface area (Å²) in [6.07, 6.45) is 3.82. The van der Waals surface area contributed by atoms with Crippen LogP contribution in [0.25, 0.3) is 6.08 Å². The minimum absolute atomic E-state index is 0.208. The molecule has 0 saturated carbocycles. The van der Waals surface area contributed by atoms with Crippen molar-refractivity contribution < 1.29 is 14.7 Å². The fraction of sp³-hybridized carbons (Fsp3) is 0.167. The average molecular weight is 372 g/mol. The van der Waals surface area contributed by atoms with E-state index in [1.54, 1.807) is 6.08 Å². The number of carboxylic acids is 1. The van der Waals surface area contributed by atoms with Crippen molar-refractivity contribution in [2.45, 2.75) is 12.5 Å². The maximum absolute atomic E-state index is 12.8. The zero-order valence-corrected chi connectivity index (χ0v) is 15.1. The van der Waals surface area contributed by atoms with Crippen molar-refractivity contribution >= 4 is 46.3 Å². The molecule has 2 heterocycles. The van der Waals surface area contributed by atoms with E-state index in [-0.39, 0.29) is 16.6 Å². The first-order chi connectivity index (χ1) is 12.0. The summed E-state index contributed by atoms with van der Waals surface area (Å²) in [6, 6.07) is 12.0. The van der Waals surface area contributed by atoms with Gasteiger partial charge in [0.15, 0.2) is 0 Å². The molecule has 1 saturated heterocycles. The molecular formula is C18H16N2O3S2. The Morgan fingerprint density at radius 1 is 1.28 bits per heavy atom. The second kappa shape index (κ2) is 7.25. The molecule has 0 unspecified atom stereocenters. The molecule has 0 bridgehead atoms. The van der Waals surface area contributed by atoms with Gasteiger partial charge < -0.3 is 9.67 Å². The van der Waals surface area contributed by atoms with E-state index in [2.05, 4.69) is 0 Å². The number of carbonyl (C=O) groups is 2. The van der Waals surface area contributed by atoms with Gasteiger partial charge >= 0.3 is 5.97 Å². The summed E-state index contributed by atoms with van der Waals surface area (Å²) in [5.41, 5.74) is 1.70. The molecule has 1 aromatic carbocycles. The molecule has 5 nitrogen and oxygen atoms in total. The Kier molecular flexibility index (Phi) is 5.06. The quantitative estimate of drug-likeness (QED) is 0.646. The molecule has 1 N–H and O–H groups in total. The molecular weight excluding hydrogens is 356 g/mol. The van der Waals surface area contributed by atoms with Crippen molar-refractivity contribution in [3.63, 3.8) is 0 Å². The fourth-order valence-corrected chi connectivity index (χ4v) is 3.97. The first-order valence-corrected chi connectivity index (χ1v) is 8.85. The third kappa shape index (κ3) is 3.67. The summed E-state index contributed by atoms with van der Waals surface area (Å²) < 4.78 is 2.15. The second-order valence-corrected chi connectivity index (χ2v) is 7.32. The van der Waals surface area contributed by atoms with Crippen LogP contribution in [0.15, 0.2) is 53.6 Å². The highest BCUT2D eigenvalue weighted by molar-refractivity contribution is 8.26. The van der Waals surface area contributed by atoms with E-state index in [9.17, 15) is 14.7 Å². The number of aromatic nitrogens is 1. The molecule has 7 heteroatoms. The normalized spacial score (nSPS) is 17.3. The molecule has 3 rings (SSSR count). The standard InChI is InChI=1S/C18H16N2O3S2/c1-19-9-5-8-13(19)11-15-16(21)20(18(24)25-15)14(17(22)23)10-12-6-3-2-4-7-12/h2-9,11,14H,10H2,1H3,(H,22,23)/b15-11+/t14-/m1/s1. The van der Waals surface area contributed by atoms with Crippen LogP contribution in [-0.2, 0) is 23.1 Å². The lowest BCUT2D eigenvalue weighted by Gasteiger charge is -2.23. The molecule has 0 spiro atoms. The molecule has 0 radical (unpaired) electrons. The number of thiocarbonyl (C=S) groups is 1. The largest absolute Gasteiger partial charge is 0.480 e. The number of benzene rings is 1. The zero-order valence-electron chi connectivity index (χ0n) is 13.5. The fourth-order valence-electron chi connectivity index (χ4n) is 2.63. The number of aryl methyl sites for hydroxylation is 1. The van der Waals surface area contributed by atoms with E-state index in [1.165, 1.54) is 4.90 Å². The van der Waals surface area contributed by atoms with Crippen LogP contribution in [0.2, 0.25) is 0 Å². The highest BCUT2D eigenvalue weighted by Crippen LogP contribution is 2.34. The summed E-state index contributed by atoms with van der Waals surface area (Å²) >= 11 is 6.43. The SMILES string of the molecule is Cn1cccc1/C=C1/SC(=S)N([C@H](Cc2ccccc2)C(=O)O)C1=O. The number of hydrogen-bond acceptors (Lipinski definition) is 4. The van der Waals surface area contributed by atoms with Crippen molar-refractivity contribution in [3.05, 3.63) is 64.8 Å². The third-order valence-corrected chi connectivity index (χ3v) is 5.29. The van der Waals surface area contributed by atoms with Gasteiger partial charge in [0.1, 0.15) is 10.4 Å². The van der Waals surface area contributed by atoms with E-state index < -0.39 is 12.0 Å². The van der Waals surface area contributed by atoms with Crippen LogP contribution in [0.5, 0.6) is 0 Å². The van der Waals surface area contributed by atoms with Gasteiger partial charge in [0, 0.05) is 25.4 Å². The average Bonchev–Trinajstić information content (AvgIpc) is 3.10. The molecule has 1 atom stereocenters. The molecule has 1 aromatic heterocycles. The molecule has 2 aromatic rings. The van der Waals surface area contributed by atoms with Crippen LogP contribution >= 0.6 is 24.0 Å². The van der Waals surface area contributed by atoms with Gasteiger partial charge in [-0.25, -0.2) is 4.79 Å². The highest BCUT2D eigenvalue weighted by atomic mass is 32.2. The number of thioether (sulfide) groups is 1.